The molecule has 21 heavy (non-hydrogen) atoms. The number of hydrogen-bond donors (Lipinski definition) is 4. The lowest BCUT2D eigenvalue weighted by Crippen LogP contribution is -2.45. The molecule has 1 aliphatic carbocycles. The summed E-state index contributed by atoms with van der Waals surface area (Å²) in [7, 11) is 0. The van der Waals surface area contributed by atoms with Crippen molar-refractivity contribution in [3.05, 3.63) is 40.5 Å². The first-order valence-electron chi connectivity index (χ1n) is 7.24. The number of benzene rings is 1. The van der Waals surface area contributed by atoms with Gasteiger partial charge in [0.2, 0.25) is 5.79 Å². The highest BCUT2D eigenvalue weighted by Gasteiger charge is 2.32. The van der Waals surface area contributed by atoms with Gasteiger partial charge in [-0.15, -0.1) is 0 Å². The number of aromatic amines is 1. The third-order valence-corrected chi connectivity index (χ3v) is 4.33. The van der Waals surface area contributed by atoms with Gasteiger partial charge >= 0.3 is 0 Å². The summed E-state index contributed by atoms with van der Waals surface area (Å²) in [6.45, 7) is 0. The van der Waals surface area contributed by atoms with Crippen molar-refractivity contribution in [2.45, 2.75) is 31.5 Å². The lowest BCUT2D eigenvalue weighted by molar-refractivity contribution is 0.536. The summed E-state index contributed by atoms with van der Waals surface area (Å²) in [4.78, 5) is 4.46. The minimum absolute atomic E-state index is 0.494. The molecule has 0 radical (unpaired) electrons. The van der Waals surface area contributed by atoms with Gasteiger partial charge in [-0.2, -0.15) is 5.10 Å². The zero-order valence-electron chi connectivity index (χ0n) is 11.7. The Balaban J connectivity index is 1.73. The number of nitrogens with zero attached hydrogens (tertiary/aromatic N) is 2. The van der Waals surface area contributed by atoms with E-state index in [2.05, 4.69) is 38.7 Å². The molecule has 6 N–H and O–H groups in total. The van der Waals surface area contributed by atoms with Gasteiger partial charge in [0.15, 0.2) is 5.82 Å². The molecule has 6 nitrogen and oxygen atoms in total. The Kier molecular flexibility index (Phi) is 2.56. The molecule has 2 aliphatic rings. The molecular weight excluding hydrogens is 264 g/mol. The largest absolute Gasteiger partial charge is 0.383 e. The molecule has 0 bridgehead atoms. The summed E-state index contributed by atoms with van der Waals surface area (Å²) in [5, 5.41) is 10.0. The van der Waals surface area contributed by atoms with Crippen LogP contribution in [0.1, 0.15) is 35.1 Å². The van der Waals surface area contributed by atoms with Crippen LogP contribution in [0.4, 0.5) is 11.6 Å². The molecular formula is C15H18N6. The van der Waals surface area contributed by atoms with E-state index in [-0.39, 0.29) is 0 Å². The molecule has 0 saturated heterocycles. The molecule has 6 heteroatoms. The van der Waals surface area contributed by atoms with Crippen LogP contribution in [0.3, 0.4) is 0 Å². The van der Waals surface area contributed by atoms with Crippen molar-refractivity contribution in [1.29, 1.82) is 0 Å². The Morgan fingerprint density at radius 3 is 2.81 bits per heavy atom. The second-order valence-electron chi connectivity index (χ2n) is 5.74. The normalized spacial score (nSPS) is 23.3. The molecule has 4 rings (SSSR count). The van der Waals surface area contributed by atoms with Crippen molar-refractivity contribution in [2.24, 2.45) is 10.7 Å². The summed E-state index contributed by atoms with van der Waals surface area (Å²) in [6.07, 6.45) is 6.47. The van der Waals surface area contributed by atoms with Gasteiger partial charge in [0.1, 0.15) is 5.82 Å². The summed E-state index contributed by atoms with van der Waals surface area (Å²) in [5.41, 5.74) is 16.7. The summed E-state index contributed by atoms with van der Waals surface area (Å²) >= 11 is 0. The molecule has 2 heterocycles. The highest BCUT2D eigenvalue weighted by atomic mass is 15.3. The number of fused-ring (bicyclic) bond motifs is 2. The smallest absolute Gasteiger partial charge is 0.210 e. The third kappa shape index (κ3) is 1.91. The third-order valence-electron chi connectivity index (χ3n) is 4.33. The summed E-state index contributed by atoms with van der Waals surface area (Å²) in [5.74, 6) is 0.151. The van der Waals surface area contributed by atoms with Crippen LogP contribution in [-0.2, 0) is 18.6 Å². The molecule has 2 aromatic rings. The Morgan fingerprint density at radius 2 is 1.95 bits per heavy atom. The number of nitrogens with two attached hydrogens (primary N) is 2. The number of nitrogens with one attached hydrogen (secondary N) is 2. The number of H-pyrrole nitrogens is 1. The molecule has 1 aromatic heterocycles. The van der Waals surface area contributed by atoms with Crippen molar-refractivity contribution in [3.63, 3.8) is 0 Å². The van der Waals surface area contributed by atoms with E-state index in [4.69, 9.17) is 11.5 Å². The number of aryl methyl sites for hydroxylation is 2. The predicted octanol–water partition coefficient (Wildman–Crippen LogP) is 1.48. The van der Waals surface area contributed by atoms with Gasteiger partial charge in [0.25, 0.3) is 0 Å². The van der Waals surface area contributed by atoms with Crippen molar-refractivity contribution in [1.82, 2.24) is 10.2 Å². The fraction of sp³-hybridized carbons (Fsp3) is 0.333. The van der Waals surface area contributed by atoms with Gasteiger partial charge in [-0.25, -0.2) is 4.99 Å². The molecule has 1 atom stereocenters. The topological polar surface area (TPSA) is 105 Å². The molecule has 1 unspecified atom stereocenters. The van der Waals surface area contributed by atoms with E-state index in [1.165, 1.54) is 24.0 Å². The second kappa shape index (κ2) is 4.33. The highest BCUT2D eigenvalue weighted by Crippen LogP contribution is 2.32. The zero-order chi connectivity index (χ0) is 14.4. The van der Waals surface area contributed by atoms with Gasteiger partial charge in [-0.3, -0.25) is 10.8 Å². The fourth-order valence-corrected chi connectivity index (χ4v) is 3.09. The monoisotopic (exact) mass is 282 g/mol. The van der Waals surface area contributed by atoms with Crippen LogP contribution in [0.15, 0.2) is 23.2 Å². The van der Waals surface area contributed by atoms with E-state index < -0.39 is 5.79 Å². The van der Waals surface area contributed by atoms with Crippen LogP contribution in [0, 0.1) is 0 Å². The van der Waals surface area contributed by atoms with E-state index in [0.29, 0.717) is 11.6 Å². The van der Waals surface area contributed by atoms with Gasteiger partial charge in [-0.1, -0.05) is 12.1 Å². The maximum absolute atomic E-state index is 6.43. The molecule has 0 spiro atoms. The Bertz CT molecular complexity index is 732. The lowest BCUT2D eigenvalue weighted by atomic mass is 9.89. The number of aliphatic imine (C=N–C) groups is 1. The van der Waals surface area contributed by atoms with Crippen molar-refractivity contribution >= 4 is 17.9 Å². The highest BCUT2D eigenvalue weighted by molar-refractivity contribution is 5.94. The first-order valence-corrected chi connectivity index (χ1v) is 7.24. The summed E-state index contributed by atoms with van der Waals surface area (Å²) < 4.78 is 0. The van der Waals surface area contributed by atoms with Crippen molar-refractivity contribution in [3.8, 4) is 0 Å². The maximum atomic E-state index is 6.43. The number of anilines is 2. The van der Waals surface area contributed by atoms with E-state index in [1.54, 1.807) is 6.21 Å². The molecule has 1 aliphatic heterocycles. The standard InChI is InChI=1S/C15H18N6/c16-13-12-8-18-15(17,19-14(12)21-20-13)11-6-5-9-3-1-2-4-10(9)7-11/h5-8H,1-4,17H2,(H4,16,19,20,21). The average Bonchev–Trinajstić information content (AvgIpc) is 2.87. The average molecular weight is 282 g/mol. The van der Waals surface area contributed by atoms with Crippen molar-refractivity contribution < 1.29 is 0 Å². The van der Waals surface area contributed by atoms with Crippen molar-refractivity contribution in [2.75, 3.05) is 11.1 Å². The van der Waals surface area contributed by atoms with Crippen LogP contribution in [0.25, 0.3) is 0 Å². The van der Waals surface area contributed by atoms with Crippen LogP contribution >= 0.6 is 0 Å². The minimum atomic E-state index is -0.985. The number of aromatic nitrogens is 2. The van der Waals surface area contributed by atoms with Crippen LogP contribution in [0.5, 0.6) is 0 Å². The lowest BCUT2D eigenvalue weighted by Gasteiger charge is -2.30. The number of hydrogen-bond acceptors (Lipinski definition) is 5. The zero-order valence-corrected chi connectivity index (χ0v) is 11.7. The van der Waals surface area contributed by atoms with E-state index >= 15 is 0 Å². The van der Waals surface area contributed by atoms with E-state index in [0.717, 1.165) is 24.0 Å². The first-order chi connectivity index (χ1) is 10.2. The molecule has 0 saturated carbocycles. The van der Waals surface area contributed by atoms with Crippen LogP contribution in [-0.4, -0.2) is 16.4 Å². The minimum Gasteiger partial charge on any atom is -0.383 e. The SMILES string of the molecule is Nc1[nH]nc2c1C=NC(N)(c1ccc3c(c1)CCCC3)N2. The van der Waals surface area contributed by atoms with E-state index in [1.807, 2.05) is 0 Å². The van der Waals surface area contributed by atoms with Crippen LogP contribution in [0.2, 0.25) is 0 Å². The van der Waals surface area contributed by atoms with E-state index in [9.17, 15) is 0 Å². The van der Waals surface area contributed by atoms with Gasteiger partial charge in [0, 0.05) is 11.8 Å². The molecule has 1 aromatic carbocycles. The summed E-state index contributed by atoms with van der Waals surface area (Å²) in [6, 6.07) is 6.39. The van der Waals surface area contributed by atoms with Gasteiger partial charge in [0.05, 0.1) is 5.56 Å². The quantitative estimate of drug-likeness (QED) is 0.636. The Hall–Kier alpha value is -2.34. The number of nitrogen functional groups attached to an aromatic ring is 1. The number of rotatable bonds is 1. The molecule has 108 valence electrons. The predicted molar refractivity (Wildman–Crippen MR) is 83.2 cm³/mol. The fourth-order valence-electron chi connectivity index (χ4n) is 3.09. The van der Waals surface area contributed by atoms with Crippen LogP contribution < -0.4 is 16.8 Å². The first kappa shape index (κ1) is 12.4. The molecule has 0 fully saturated rings. The van der Waals surface area contributed by atoms with Gasteiger partial charge in [-0.05, 0) is 42.9 Å². The second-order valence-corrected chi connectivity index (χ2v) is 5.74. The Labute approximate surface area is 122 Å². The maximum Gasteiger partial charge on any atom is 0.210 e. The Morgan fingerprint density at radius 1 is 1.14 bits per heavy atom. The van der Waals surface area contributed by atoms with Gasteiger partial charge < -0.3 is 11.1 Å². The molecule has 0 amide bonds.